The smallest absolute Gasteiger partial charge is 0.152 e. The molecule has 0 aliphatic carbocycles. The summed E-state index contributed by atoms with van der Waals surface area (Å²) in [6, 6.07) is 0.0694. The first-order chi connectivity index (χ1) is 5.13. The maximum atomic E-state index is 11.4. The van der Waals surface area contributed by atoms with E-state index in [0.717, 1.165) is 12.8 Å². The van der Waals surface area contributed by atoms with Crippen molar-refractivity contribution in [2.75, 3.05) is 7.05 Å². The molecule has 0 unspecified atom stereocenters. The van der Waals surface area contributed by atoms with Gasteiger partial charge in [-0.1, -0.05) is 27.2 Å². The number of nitrogens with one attached hydrogen (secondary N) is 1. The number of hydrogen-bond donors (Lipinski definition) is 1. The number of likely N-dealkylation sites (N-methyl/N-ethyl adjacent to an activating group) is 1. The SMILES string of the molecule is CCC[C@@H](NC)C(=O)C(C)C. The zero-order valence-corrected chi connectivity index (χ0v) is 7.98. The molecule has 0 heterocycles. The molecule has 0 radical (unpaired) electrons. The average molecular weight is 157 g/mol. The third-order valence-corrected chi connectivity index (χ3v) is 1.84. The summed E-state index contributed by atoms with van der Waals surface area (Å²) >= 11 is 0. The van der Waals surface area contributed by atoms with Crippen LogP contribution in [0.5, 0.6) is 0 Å². The fourth-order valence-electron chi connectivity index (χ4n) is 1.12. The van der Waals surface area contributed by atoms with Crippen molar-refractivity contribution in [3.8, 4) is 0 Å². The second-order valence-electron chi connectivity index (χ2n) is 3.19. The largest absolute Gasteiger partial charge is 0.311 e. The summed E-state index contributed by atoms with van der Waals surface area (Å²) < 4.78 is 0. The summed E-state index contributed by atoms with van der Waals surface area (Å²) in [7, 11) is 1.85. The number of hydrogen-bond acceptors (Lipinski definition) is 2. The maximum absolute atomic E-state index is 11.4. The number of Topliss-reactive ketones (excluding diaryl/α,β-unsaturated/α-hetero) is 1. The zero-order valence-electron chi connectivity index (χ0n) is 7.98. The molecular formula is C9H19NO. The molecule has 0 aromatic heterocycles. The van der Waals surface area contributed by atoms with Crippen molar-refractivity contribution in [3.05, 3.63) is 0 Å². The van der Waals surface area contributed by atoms with Crippen molar-refractivity contribution < 1.29 is 4.79 Å². The number of carbonyl (C=O) groups excluding carboxylic acids is 1. The maximum Gasteiger partial charge on any atom is 0.152 e. The highest BCUT2D eigenvalue weighted by atomic mass is 16.1. The molecule has 0 spiro atoms. The number of carbonyl (C=O) groups is 1. The van der Waals surface area contributed by atoms with E-state index in [1.165, 1.54) is 0 Å². The lowest BCUT2D eigenvalue weighted by molar-refractivity contribution is -0.124. The van der Waals surface area contributed by atoms with Gasteiger partial charge in [-0.2, -0.15) is 0 Å². The molecule has 1 atom stereocenters. The monoisotopic (exact) mass is 157 g/mol. The van der Waals surface area contributed by atoms with Gasteiger partial charge in [0, 0.05) is 5.92 Å². The van der Waals surface area contributed by atoms with Gasteiger partial charge in [0.25, 0.3) is 0 Å². The van der Waals surface area contributed by atoms with E-state index >= 15 is 0 Å². The van der Waals surface area contributed by atoms with Crippen molar-refractivity contribution in [1.29, 1.82) is 0 Å². The standard InChI is InChI=1S/C9H19NO/c1-5-6-8(10-4)9(11)7(2)3/h7-8,10H,5-6H2,1-4H3/t8-/m1/s1. The van der Waals surface area contributed by atoms with Crippen LogP contribution in [0.4, 0.5) is 0 Å². The fraction of sp³-hybridized carbons (Fsp3) is 0.889. The van der Waals surface area contributed by atoms with E-state index in [1.807, 2.05) is 20.9 Å². The Kier molecular flexibility index (Phi) is 5.12. The molecule has 0 bridgehead atoms. The van der Waals surface area contributed by atoms with Gasteiger partial charge in [0.1, 0.15) is 0 Å². The molecular weight excluding hydrogens is 138 g/mol. The van der Waals surface area contributed by atoms with Crippen LogP contribution in [0.25, 0.3) is 0 Å². The number of rotatable bonds is 5. The van der Waals surface area contributed by atoms with Crippen molar-refractivity contribution >= 4 is 5.78 Å². The van der Waals surface area contributed by atoms with Crippen molar-refractivity contribution in [3.63, 3.8) is 0 Å². The number of ketones is 1. The molecule has 0 saturated carbocycles. The highest BCUT2D eigenvalue weighted by Gasteiger charge is 2.17. The summed E-state index contributed by atoms with van der Waals surface area (Å²) in [6.45, 7) is 5.99. The summed E-state index contributed by atoms with van der Waals surface area (Å²) in [5, 5.41) is 3.03. The molecule has 0 aromatic rings. The lowest BCUT2D eigenvalue weighted by atomic mass is 9.98. The highest BCUT2D eigenvalue weighted by molar-refractivity contribution is 5.85. The topological polar surface area (TPSA) is 29.1 Å². The first kappa shape index (κ1) is 10.6. The van der Waals surface area contributed by atoms with Crippen molar-refractivity contribution in [1.82, 2.24) is 5.32 Å². The predicted molar refractivity (Wildman–Crippen MR) is 47.6 cm³/mol. The normalized spacial score (nSPS) is 13.5. The van der Waals surface area contributed by atoms with Gasteiger partial charge in [-0.15, -0.1) is 0 Å². The Labute approximate surface area is 69.4 Å². The first-order valence-electron chi connectivity index (χ1n) is 4.34. The molecule has 0 fully saturated rings. The van der Waals surface area contributed by atoms with Gasteiger partial charge in [0.15, 0.2) is 5.78 Å². The van der Waals surface area contributed by atoms with E-state index in [9.17, 15) is 4.79 Å². The van der Waals surface area contributed by atoms with Crippen molar-refractivity contribution in [2.45, 2.75) is 39.7 Å². The second kappa shape index (κ2) is 5.30. The van der Waals surface area contributed by atoms with E-state index in [2.05, 4.69) is 12.2 Å². The molecule has 0 aliphatic heterocycles. The molecule has 0 aromatic carbocycles. The van der Waals surface area contributed by atoms with Crippen molar-refractivity contribution in [2.24, 2.45) is 5.92 Å². The Balaban J connectivity index is 3.92. The summed E-state index contributed by atoms with van der Waals surface area (Å²) in [4.78, 5) is 11.4. The molecule has 0 aliphatic rings. The van der Waals surface area contributed by atoms with E-state index < -0.39 is 0 Å². The van der Waals surface area contributed by atoms with Gasteiger partial charge < -0.3 is 5.32 Å². The third-order valence-electron chi connectivity index (χ3n) is 1.84. The summed E-state index contributed by atoms with van der Waals surface area (Å²) in [5.74, 6) is 0.480. The minimum atomic E-state index is 0.0694. The molecule has 1 N–H and O–H groups in total. The molecule has 11 heavy (non-hydrogen) atoms. The van der Waals surface area contributed by atoms with Crippen LogP contribution in [-0.4, -0.2) is 18.9 Å². The van der Waals surface area contributed by atoms with Crippen LogP contribution < -0.4 is 5.32 Å². The molecule has 0 amide bonds. The molecule has 0 rings (SSSR count). The van der Waals surface area contributed by atoms with Crippen LogP contribution in [-0.2, 0) is 4.79 Å². The Hall–Kier alpha value is -0.370. The quantitative estimate of drug-likeness (QED) is 0.656. The Morgan fingerprint density at radius 2 is 2.00 bits per heavy atom. The van der Waals surface area contributed by atoms with Crippen LogP contribution in [0.3, 0.4) is 0 Å². The predicted octanol–water partition coefficient (Wildman–Crippen LogP) is 1.60. The average Bonchev–Trinajstić information content (AvgIpc) is 1.98. The van der Waals surface area contributed by atoms with Crippen LogP contribution in [0.2, 0.25) is 0 Å². The summed E-state index contributed by atoms with van der Waals surface area (Å²) in [6.07, 6.45) is 2.01. The highest BCUT2D eigenvalue weighted by Crippen LogP contribution is 2.04. The Morgan fingerprint density at radius 3 is 2.27 bits per heavy atom. The molecule has 0 saturated heterocycles. The minimum absolute atomic E-state index is 0.0694. The van der Waals surface area contributed by atoms with Gasteiger partial charge in [0.05, 0.1) is 6.04 Å². The zero-order chi connectivity index (χ0) is 8.85. The van der Waals surface area contributed by atoms with E-state index in [0.29, 0.717) is 5.78 Å². The Morgan fingerprint density at radius 1 is 1.45 bits per heavy atom. The van der Waals surface area contributed by atoms with Gasteiger partial charge in [0.2, 0.25) is 0 Å². The second-order valence-corrected chi connectivity index (χ2v) is 3.19. The molecule has 2 nitrogen and oxygen atoms in total. The Bertz CT molecular complexity index is 121. The van der Waals surface area contributed by atoms with E-state index in [1.54, 1.807) is 0 Å². The van der Waals surface area contributed by atoms with E-state index in [4.69, 9.17) is 0 Å². The van der Waals surface area contributed by atoms with Crippen LogP contribution >= 0.6 is 0 Å². The lowest BCUT2D eigenvalue weighted by Gasteiger charge is -2.15. The summed E-state index contributed by atoms with van der Waals surface area (Å²) in [5.41, 5.74) is 0. The van der Waals surface area contributed by atoms with Gasteiger partial charge in [-0.05, 0) is 13.5 Å². The third kappa shape index (κ3) is 3.51. The molecule has 66 valence electrons. The first-order valence-corrected chi connectivity index (χ1v) is 4.34. The van der Waals surface area contributed by atoms with Crippen LogP contribution in [0.15, 0.2) is 0 Å². The van der Waals surface area contributed by atoms with E-state index in [-0.39, 0.29) is 12.0 Å². The van der Waals surface area contributed by atoms with Gasteiger partial charge in [-0.25, -0.2) is 0 Å². The van der Waals surface area contributed by atoms with Crippen LogP contribution in [0.1, 0.15) is 33.6 Å². The lowest BCUT2D eigenvalue weighted by Crippen LogP contribution is -2.36. The van der Waals surface area contributed by atoms with Gasteiger partial charge in [-0.3, -0.25) is 4.79 Å². The molecule has 2 heteroatoms. The minimum Gasteiger partial charge on any atom is -0.311 e. The fourth-order valence-corrected chi connectivity index (χ4v) is 1.12. The van der Waals surface area contributed by atoms with Crippen LogP contribution in [0, 0.1) is 5.92 Å². The van der Waals surface area contributed by atoms with Gasteiger partial charge >= 0.3 is 0 Å².